The lowest BCUT2D eigenvalue weighted by atomic mass is 9.78. The lowest BCUT2D eigenvalue weighted by Gasteiger charge is -2.31. The predicted octanol–water partition coefficient (Wildman–Crippen LogP) is 16.2. The van der Waals surface area contributed by atoms with Gasteiger partial charge in [-0.25, -0.2) is 0 Å². The standard InChI is InChI=1S/C54H53NO/c1-53(2,3)39-32-38(33-40(34-39)54(4,5)6)42-22-10-13-27-48(42)55(41-30-31-46-45-24-12-15-29-50(45)56-51(46)35-41)49-28-14-11-23-44(49)47-26-17-21-37-20-16-25-43(52(37)47)36-18-8-7-9-19-36/h10-17,20-36H,7-9,18-19H2,1-6H3. The van der Waals surface area contributed by atoms with E-state index in [1.54, 1.807) is 0 Å². The van der Waals surface area contributed by atoms with Gasteiger partial charge in [-0.15, -0.1) is 0 Å². The van der Waals surface area contributed by atoms with Crippen LogP contribution in [0.1, 0.15) is 96.3 Å². The maximum absolute atomic E-state index is 6.56. The highest BCUT2D eigenvalue weighted by atomic mass is 16.3. The second kappa shape index (κ2) is 14.2. The molecule has 1 heterocycles. The van der Waals surface area contributed by atoms with Crippen LogP contribution in [0.5, 0.6) is 0 Å². The van der Waals surface area contributed by atoms with Crippen LogP contribution in [0.3, 0.4) is 0 Å². The minimum atomic E-state index is -0.00598. The Bertz CT molecular complexity index is 2670. The second-order valence-electron chi connectivity index (χ2n) is 18.0. The summed E-state index contributed by atoms with van der Waals surface area (Å²) in [5.74, 6) is 0.584. The van der Waals surface area contributed by atoms with E-state index in [2.05, 4.69) is 186 Å². The molecule has 0 amide bonds. The molecule has 0 bridgehead atoms. The molecule has 0 unspecified atom stereocenters. The molecule has 2 heteroatoms. The minimum absolute atomic E-state index is 0.00598. The molecule has 1 aliphatic rings. The molecule has 0 spiro atoms. The molecule has 1 saturated carbocycles. The SMILES string of the molecule is CC(C)(C)c1cc(-c2ccccc2N(c2ccc3c(c2)oc2ccccc23)c2ccccc2-c2cccc3cccc(C4CCCCC4)c23)cc(C(C)(C)C)c1. The van der Waals surface area contributed by atoms with E-state index in [-0.39, 0.29) is 10.8 Å². The predicted molar refractivity (Wildman–Crippen MR) is 240 cm³/mol. The molecule has 56 heavy (non-hydrogen) atoms. The Morgan fingerprint density at radius 3 is 1.80 bits per heavy atom. The summed E-state index contributed by atoms with van der Waals surface area (Å²) in [5, 5.41) is 4.97. The van der Waals surface area contributed by atoms with Crippen molar-refractivity contribution in [1.82, 2.24) is 0 Å². The van der Waals surface area contributed by atoms with Gasteiger partial charge in [0.15, 0.2) is 0 Å². The molecule has 1 aliphatic carbocycles. The Balaban J connectivity index is 1.32. The molecule has 9 rings (SSSR count). The van der Waals surface area contributed by atoms with E-state index < -0.39 is 0 Å². The van der Waals surface area contributed by atoms with Crippen LogP contribution in [0.15, 0.2) is 150 Å². The van der Waals surface area contributed by atoms with Gasteiger partial charge < -0.3 is 9.32 Å². The van der Waals surface area contributed by atoms with Crippen LogP contribution in [-0.4, -0.2) is 0 Å². The smallest absolute Gasteiger partial charge is 0.137 e. The van der Waals surface area contributed by atoms with Gasteiger partial charge in [0, 0.05) is 33.7 Å². The van der Waals surface area contributed by atoms with E-state index in [0.717, 1.165) is 39.0 Å². The van der Waals surface area contributed by atoms with Gasteiger partial charge in [-0.3, -0.25) is 0 Å². The molecule has 0 radical (unpaired) electrons. The number of anilines is 3. The summed E-state index contributed by atoms with van der Waals surface area (Å²) < 4.78 is 6.56. The fourth-order valence-corrected chi connectivity index (χ4v) is 9.07. The summed E-state index contributed by atoms with van der Waals surface area (Å²) in [5.41, 5.74) is 14.2. The number of fused-ring (bicyclic) bond motifs is 4. The van der Waals surface area contributed by atoms with Crippen molar-refractivity contribution >= 4 is 49.8 Å². The highest BCUT2D eigenvalue weighted by Gasteiger charge is 2.26. The Morgan fingerprint density at radius 2 is 1.09 bits per heavy atom. The lowest BCUT2D eigenvalue weighted by molar-refractivity contribution is 0.445. The zero-order valence-electron chi connectivity index (χ0n) is 33.8. The molecule has 0 N–H and O–H groups in total. The zero-order valence-corrected chi connectivity index (χ0v) is 33.8. The number of furan rings is 1. The van der Waals surface area contributed by atoms with Crippen LogP contribution < -0.4 is 4.90 Å². The Kier molecular flexibility index (Phi) is 9.12. The van der Waals surface area contributed by atoms with E-state index in [9.17, 15) is 0 Å². The van der Waals surface area contributed by atoms with Crippen LogP contribution in [-0.2, 0) is 10.8 Å². The molecule has 2 nitrogen and oxygen atoms in total. The Morgan fingerprint density at radius 1 is 0.500 bits per heavy atom. The van der Waals surface area contributed by atoms with E-state index >= 15 is 0 Å². The van der Waals surface area contributed by atoms with Crippen molar-refractivity contribution in [2.75, 3.05) is 4.90 Å². The van der Waals surface area contributed by atoms with Crippen LogP contribution in [0.2, 0.25) is 0 Å². The van der Waals surface area contributed by atoms with Crippen molar-refractivity contribution in [2.24, 2.45) is 0 Å². The Labute approximate surface area is 332 Å². The van der Waals surface area contributed by atoms with E-state index in [1.807, 2.05) is 6.07 Å². The second-order valence-corrected chi connectivity index (χ2v) is 18.0. The first kappa shape index (κ1) is 36.1. The van der Waals surface area contributed by atoms with Gasteiger partial charge in [0.1, 0.15) is 11.2 Å². The molecule has 280 valence electrons. The first-order valence-corrected chi connectivity index (χ1v) is 20.6. The third-order valence-corrected chi connectivity index (χ3v) is 12.2. The highest BCUT2D eigenvalue weighted by molar-refractivity contribution is 6.08. The van der Waals surface area contributed by atoms with Gasteiger partial charge in [-0.2, -0.15) is 0 Å². The quantitative estimate of drug-likeness (QED) is 0.169. The van der Waals surface area contributed by atoms with Crippen molar-refractivity contribution in [3.63, 3.8) is 0 Å². The van der Waals surface area contributed by atoms with Crippen LogP contribution in [0.4, 0.5) is 17.1 Å². The number of hydrogen-bond acceptors (Lipinski definition) is 2. The molecular weight excluding hydrogens is 679 g/mol. The van der Waals surface area contributed by atoms with Crippen molar-refractivity contribution in [3.8, 4) is 22.3 Å². The Hall–Kier alpha value is -5.60. The normalized spacial score (nSPS) is 14.2. The first-order chi connectivity index (χ1) is 27.0. The third kappa shape index (κ3) is 6.60. The maximum atomic E-state index is 6.56. The number of para-hydroxylation sites is 3. The average Bonchev–Trinajstić information content (AvgIpc) is 3.58. The zero-order chi connectivity index (χ0) is 38.6. The van der Waals surface area contributed by atoms with Gasteiger partial charge in [0.05, 0.1) is 11.4 Å². The summed E-state index contributed by atoms with van der Waals surface area (Å²) >= 11 is 0. The van der Waals surface area contributed by atoms with Crippen molar-refractivity contribution in [3.05, 3.63) is 162 Å². The number of nitrogens with zero attached hydrogens (tertiary/aromatic N) is 1. The van der Waals surface area contributed by atoms with Crippen molar-refractivity contribution in [1.29, 1.82) is 0 Å². The van der Waals surface area contributed by atoms with E-state index in [1.165, 1.54) is 81.8 Å². The minimum Gasteiger partial charge on any atom is -0.456 e. The first-order valence-electron chi connectivity index (χ1n) is 20.6. The van der Waals surface area contributed by atoms with Crippen molar-refractivity contribution in [2.45, 2.75) is 90.4 Å². The largest absolute Gasteiger partial charge is 0.456 e. The van der Waals surface area contributed by atoms with Gasteiger partial charge in [-0.1, -0.05) is 170 Å². The highest BCUT2D eigenvalue weighted by Crippen LogP contribution is 2.49. The van der Waals surface area contributed by atoms with Gasteiger partial charge >= 0.3 is 0 Å². The maximum Gasteiger partial charge on any atom is 0.137 e. The monoisotopic (exact) mass is 731 g/mol. The lowest BCUT2D eigenvalue weighted by Crippen LogP contribution is -2.17. The number of rotatable bonds is 6. The topological polar surface area (TPSA) is 16.4 Å². The molecule has 0 saturated heterocycles. The summed E-state index contributed by atoms with van der Waals surface area (Å²) in [6.45, 7) is 13.9. The molecule has 0 atom stereocenters. The van der Waals surface area contributed by atoms with Crippen LogP contribution in [0.25, 0.3) is 55.0 Å². The molecule has 7 aromatic carbocycles. The summed E-state index contributed by atoms with van der Waals surface area (Å²) in [4.78, 5) is 2.49. The van der Waals surface area contributed by atoms with E-state index in [0.29, 0.717) is 5.92 Å². The summed E-state index contributed by atoms with van der Waals surface area (Å²) in [7, 11) is 0. The number of benzene rings is 7. The average molecular weight is 732 g/mol. The third-order valence-electron chi connectivity index (χ3n) is 12.2. The molecule has 8 aromatic rings. The molecule has 0 aliphatic heterocycles. The fourth-order valence-electron chi connectivity index (χ4n) is 9.07. The van der Waals surface area contributed by atoms with Crippen LogP contribution in [0, 0.1) is 0 Å². The van der Waals surface area contributed by atoms with Gasteiger partial charge in [-0.05, 0) is 98.5 Å². The summed E-state index contributed by atoms with van der Waals surface area (Å²) in [6, 6.07) is 54.2. The summed E-state index contributed by atoms with van der Waals surface area (Å²) in [6.07, 6.45) is 6.48. The number of hydrogen-bond donors (Lipinski definition) is 0. The van der Waals surface area contributed by atoms with E-state index in [4.69, 9.17) is 4.42 Å². The van der Waals surface area contributed by atoms with Crippen molar-refractivity contribution < 1.29 is 4.42 Å². The molecule has 1 fully saturated rings. The molecular formula is C54H53NO. The fraction of sp³-hybridized carbons (Fsp3) is 0.259. The van der Waals surface area contributed by atoms with Gasteiger partial charge in [0.2, 0.25) is 0 Å². The van der Waals surface area contributed by atoms with Gasteiger partial charge in [0.25, 0.3) is 0 Å². The van der Waals surface area contributed by atoms with Crippen LogP contribution >= 0.6 is 0 Å². The molecule has 1 aromatic heterocycles.